The quantitative estimate of drug-likeness (QED) is 0.553. The van der Waals surface area contributed by atoms with Crippen molar-refractivity contribution in [1.29, 1.82) is 0 Å². The highest BCUT2D eigenvalue weighted by Gasteiger charge is 2.29. The third kappa shape index (κ3) is 4.52. The molecule has 0 aromatic carbocycles. The van der Waals surface area contributed by atoms with Crippen LogP contribution in [0, 0.1) is 0 Å². The number of hydrogen-bond donors (Lipinski definition) is 1. The van der Waals surface area contributed by atoms with Crippen LogP contribution in [0.15, 0.2) is 40.1 Å². The van der Waals surface area contributed by atoms with Crippen LogP contribution in [0.2, 0.25) is 0 Å². The van der Waals surface area contributed by atoms with Crippen LogP contribution >= 0.6 is 11.3 Å². The Balaban J connectivity index is 1.43. The summed E-state index contributed by atoms with van der Waals surface area (Å²) in [5.41, 5.74) is 1.26. The SMILES string of the molecule is CCc1c(C(=O)N2CCC(NS(=O)(=O)c3cccs3)CC2)cnn1-c1ccc(OC)nn1. The Kier molecular flexibility index (Phi) is 6.53. The molecule has 0 radical (unpaired) electrons. The molecule has 3 aromatic heterocycles. The van der Waals surface area contributed by atoms with E-state index in [0.29, 0.717) is 53.8 Å². The highest BCUT2D eigenvalue weighted by Crippen LogP contribution is 2.22. The summed E-state index contributed by atoms with van der Waals surface area (Å²) in [5.74, 6) is 0.783. The third-order valence-corrected chi connectivity index (χ3v) is 8.27. The van der Waals surface area contributed by atoms with Crippen molar-refractivity contribution < 1.29 is 17.9 Å². The molecule has 0 atom stereocenters. The number of thiophene rings is 1. The van der Waals surface area contributed by atoms with Crippen molar-refractivity contribution in [1.82, 2.24) is 29.6 Å². The summed E-state index contributed by atoms with van der Waals surface area (Å²) in [6.45, 7) is 2.88. The van der Waals surface area contributed by atoms with E-state index in [0.717, 1.165) is 5.69 Å². The fraction of sp³-hybridized carbons (Fsp3) is 0.400. The van der Waals surface area contributed by atoms with E-state index >= 15 is 0 Å². The summed E-state index contributed by atoms with van der Waals surface area (Å²) in [4.78, 5) is 14.9. The lowest BCUT2D eigenvalue weighted by atomic mass is 10.0. The highest BCUT2D eigenvalue weighted by atomic mass is 32.2. The molecule has 12 heteroatoms. The molecule has 1 N–H and O–H groups in total. The number of amides is 1. The normalized spacial score (nSPS) is 15.1. The molecule has 1 fully saturated rings. The van der Waals surface area contributed by atoms with Gasteiger partial charge in [0.15, 0.2) is 5.82 Å². The summed E-state index contributed by atoms with van der Waals surface area (Å²) < 4.78 is 34.6. The van der Waals surface area contributed by atoms with Crippen molar-refractivity contribution in [2.75, 3.05) is 20.2 Å². The molecule has 10 nitrogen and oxygen atoms in total. The van der Waals surface area contributed by atoms with Crippen molar-refractivity contribution in [3.05, 3.63) is 47.1 Å². The van der Waals surface area contributed by atoms with Gasteiger partial charge in [0.25, 0.3) is 5.91 Å². The third-order valence-electron chi connectivity index (χ3n) is 5.35. The van der Waals surface area contributed by atoms with E-state index in [1.165, 1.54) is 18.4 Å². The average molecular weight is 477 g/mol. The van der Waals surface area contributed by atoms with Crippen LogP contribution in [0.25, 0.3) is 5.82 Å². The van der Waals surface area contributed by atoms with E-state index in [1.807, 2.05) is 6.92 Å². The van der Waals surface area contributed by atoms with Gasteiger partial charge in [-0.25, -0.2) is 17.8 Å². The first-order valence-electron chi connectivity index (χ1n) is 10.2. The molecular weight excluding hydrogens is 452 g/mol. The Labute approximate surface area is 190 Å². The number of piperidine rings is 1. The lowest BCUT2D eigenvalue weighted by Gasteiger charge is -2.32. The molecule has 0 saturated carbocycles. The number of carbonyl (C=O) groups is 1. The maximum absolute atomic E-state index is 13.2. The van der Waals surface area contributed by atoms with Crippen molar-refractivity contribution in [3.63, 3.8) is 0 Å². The van der Waals surface area contributed by atoms with Gasteiger partial charge in [-0.1, -0.05) is 13.0 Å². The number of nitrogens with one attached hydrogen (secondary N) is 1. The smallest absolute Gasteiger partial charge is 0.257 e. The molecule has 4 heterocycles. The van der Waals surface area contributed by atoms with Crippen LogP contribution in [-0.2, 0) is 16.4 Å². The predicted molar refractivity (Wildman–Crippen MR) is 119 cm³/mol. The molecular formula is C20H24N6O4S2. The van der Waals surface area contributed by atoms with Crippen LogP contribution in [0.1, 0.15) is 35.8 Å². The maximum atomic E-state index is 13.2. The van der Waals surface area contributed by atoms with Crippen LogP contribution in [0.5, 0.6) is 5.88 Å². The molecule has 0 bridgehead atoms. The zero-order valence-electron chi connectivity index (χ0n) is 17.8. The Morgan fingerprint density at radius 3 is 2.62 bits per heavy atom. The zero-order chi connectivity index (χ0) is 22.7. The van der Waals surface area contributed by atoms with Crippen molar-refractivity contribution in [3.8, 4) is 11.7 Å². The van der Waals surface area contributed by atoms with Crippen molar-refractivity contribution in [2.24, 2.45) is 0 Å². The van der Waals surface area contributed by atoms with Crippen LogP contribution in [-0.4, -0.2) is 65.4 Å². The molecule has 4 rings (SSSR count). The first kappa shape index (κ1) is 22.4. The van der Waals surface area contributed by atoms with E-state index in [9.17, 15) is 13.2 Å². The summed E-state index contributed by atoms with van der Waals surface area (Å²) in [6.07, 6.45) is 3.25. The number of likely N-dealkylation sites (tertiary alicyclic amines) is 1. The minimum absolute atomic E-state index is 0.117. The number of rotatable bonds is 7. The Morgan fingerprint density at radius 1 is 1.25 bits per heavy atom. The first-order chi connectivity index (χ1) is 15.4. The minimum atomic E-state index is -3.52. The number of methoxy groups -OCH3 is 1. The van der Waals surface area contributed by atoms with Gasteiger partial charge >= 0.3 is 0 Å². The molecule has 0 spiro atoms. The number of nitrogens with zero attached hydrogens (tertiary/aromatic N) is 5. The lowest BCUT2D eigenvalue weighted by molar-refractivity contribution is 0.0710. The second kappa shape index (κ2) is 9.35. The summed E-state index contributed by atoms with van der Waals surface area (Å²) in [7, 11) is -2.00. The Morgan fingerprint density at radius 2 is 2.03 bits per heavy atom. The largest absolute Gasteiger partial charge is 0.480 e. The molecule has 1 amide bonds. The number of carbonyl (C=O) groups excluding carboxylic acids is 1. The number of ether oxygens (including phenoxy) is 1. The summed E-state index contributed by atoms with van der Waals surface area (Å²) in [5, 5.41) is 14.2. The first-order valence-corrected chi connectivity index (χ1v) is 12.6. The van der Waals surface area contributed by atoms with E-state index in [2.05, 4.69) is 20.0 Å². The molecule has 3 aromatic rings. The van der Waals surface area contributed by atoms with E-state index in [-0.39, 0.29) is 11.9 Å². The van der Waals surface area contributed by atoms with Gasteiger partial charge in [0, 0.05) is 25.2 Å². The topological polar surface area (TPSA) is 119 Å². The number of sulfonamides is 1. The van der Waals surface area contributed by atoms with Gasteiger partial charge < -0.3 is 9.64 Å². The monoisotopic (exact) mass is 476 g/mol. The van der Waals surface area contributed by atoms with Crippen LogP contribution in [0.3, 0.4) is 0 Å². The summed E-state index contributed by atoms with van der Waals surface area (Å²) >= 11 is 1.19. The predicted octanol–water partition coefficient (Wildman–Crippen LogP) is 1.88. The Hall–Kier alpha value is -2.83. The van der Waals surface area contributed by atoms with Crippen molar-refractivity contribution in [2.45, 2.75) is 36.4 Å². The maximum Gasteiger partial charge on any atom is 0.257 e. The van der Waals surface area contributed by atoms with E-state index in [1.54, 1.807) is 45.4 Å². The van der Waals surface area contributed by atoms with Gasteiger partial charge in [0.2, 0.25) is 15.9 Å². The lowest BCUT2D eigenvalue weighted by Crippen LogP contribution is -2.46. The minimum Gasteiger partial charge on any atom is -0.480 e. The molecule has 1 aliphatic rings. The number of aromatic nitrogens is 4. The number of hydrogen-bond acceptors (Lipinski definition) is 8. The molecule has 32 heavy (non-hydrogen) atoms. The zero-order valence-corrected chi connectivity index (χ0v) is 19.4. The summed E-state index contributed by atoms with van der Waals surface area (Å²) in [6, 6.07) is 6.52. The molecule has 1 aliphatic heterocycles. The molecule has 0 unspecified atom stereocenters. The van der Waals surface area contributed by atoms with Gasteiger partial charge in [-0.05, 0) is 36.8 Å². The van der Waals surface area contributed by atoms with Gasteiger partial charge in [0.05, 0.1) is 24.6 Å². The molecule has 170 valence electrons. The average Bonchev–Trinajstić information content (AvgIpc) is 3.49. The second-order valence-electron chi connectivity index (χ2n) is 7.32. The van der Waals surface area contributed by atoms with Gasteiger partial charge in [0.1, 0.15) is 4.21 Å². The standard InChI is InChI=1S/C20H24N6O4S2/c1-3-16-15(13-21-26(16)17-6-7-18(30-2)23-22-17)20(27)25-10-8-14(9-11-25)24-32(28,29)19-5-4-12-31-19/h4-7,12-14,24H,3,8-11H2,1-2H3. The van der Waals surface area contributed by atoms with Gasteiger partial charge in [-0.3, -0.25) is 4.79 Å². The van der Waals surface area contributed by atoms with Crippen molar-refractivity contribution >= 4 is 27.3 Å². The fourth-order valence-corrected chi connectivity index (χ4v) is 6.00. The van der Waals surface area contributed by atoms with Gasteiger partial charge in [-0.15, -0.1) is 21.5 Å². The molecule has 1 saturated heterocycles. The van der Waals surface area contributed by atoms with Gasteiger partial charge in [-0.2, -0.15) is 5.10 Å². The Bertz CT molecular complexity index is 1170. The molecule has 0 aliphatic carbocycles. The van der Waals surface area contributed by atoms with E-state index < -0.39 is 10.0 Å². The highest BCUT2D eigenvalue weighted by molar-refractivity contribution is 7.91. The van der Waals surface area contributed by atoms with Crippen LogP contribution < -0.4 is 9.46 Å². The van der Waals surface area contributed by atoms with Crippen LogP contribution in [0.4, 0.5) is 0 Å². The fourth-order valence-electron chi connectivity index (χ4n) is 3.69. The van der Waals surface area contributed by atoms with E-state index in [4.69, 9.17) is 4.74 Å². The second-order valence-corrected chi connectivity index (χ2v) is 10.2.